The third kappa shape index (κ3) is 4.86. The molecule has 1 aromatic carbocycles. The molecule has 0 aliphatic heterocycles. The number of carbonyl (C=O) groups is 1. The Hall–Kier alpha value is -2.94. The highest BCUT2D eigenvalue weighted by Crippen LogP contribution is 2.39. The molecule has 146 valence electrons. The highest BCUT2D eigenvalue weighted by atomic mass is 79.9. The van der Waals surface area contributed by atoms with Crippen LogP contribution in [0.4, 0.5) is 5.69 Å². The van der Waals surface area contributed by atoms with Crippen LogP contribution in [0.3, 0.4) is 0 Å². The number of aryl methyl sites for hydroxylation is 1. The predicted molar refractivity (Wildman–Crippen MR) is 106 cm³/mol. The van der Waals surface area contributed by atoms with Crippen LogP contribution in [-0.4, -0.2) is 34.7 Å². The van der Waals surface area contributed by atoms with Crippen molar-refractivity contribution in [2.24, 2.45) is 0 Å². The van der Waals surface area contributed by atoms with Crippen LogP contribution in [0.1, 0.15) is 19.2 Å². The normalized spacial score (nSPS) is 10.5. The number of methoxy groups -OCH3 is 1. The van der Waals surface area contributed by atoms with E-state index in [1.165, 1.54) is 0 Å². The maximum absolute atomic E-state index is 12.0. The predicted octanol–water partition coefficient (Wildman–Crippen LogP) is 3.87. The molecule has 0 radical (unpaired) electrons. The molecule has 1 amide bonds. The van der Waals surface area contributed by atoms with E-state index in [0.29, 0.717) is 47.5 Å². The van der Waals surface area contributed by atoms with Crippen LogP contribution in [0.25, 0.3) is 11.4 Å². The number of benzene rings is 1. The minimum Gasteiger partial charge on any atom is -0.492 e. The van der Waals surface area contributed by atoms with Crippen molar-refractivity contribution in [2.75, 3.05) is 19.0 Å². The topological polar surface area (TPSA) is 99.4 Å². The molecule has 0 aliphatic rings. The number of ether oxygens (including phenoxy) is 2. The molecule has 28 heavy (non-hydrogen) atoms. The van der Waals surface area contributed by atoms with Gasteiger partial charge >= 0.3 is 0 Å². The van der Waals surface area contributed by atoms with Crippen LogP contribution >= 0.6 is 15.9 Å². The molecule has 3 aromatic rings. The zero-order valence-corrected chi connectivity index (χ0v) is 17.0. The fraction of sp³-hybridized carbons (Fsp3) is 0.263. The van der Waals surface area contributed by atoms with Gasteiger partial charge < -0.3 is 19.3 Å². The molecule has 3 rings (SSSR count). The third-order valence-corrected chi connectivity index (χ3v) is 4.34. The van der Waals surface area contributed by atoms with Crippen LogP contribution in [0.5, 0.6) is 11.5 Å². The van der Waals surface area contributed by atoms with Gasteiger partial charge in [-0.05, 0) is 47.1 Å². The summed E-state index contributed by atoms with van der Waals surface area (Å²) >= 11 is 3.46. The quantitative estimate of drug-likeness (QED) is 0.560. The van der Waals surface area contributed by atoms with Gasteiger partial charge in [0.15, 0.2) is 11.5 Å². The largest absolute Gasteiger partial charge is 0.492 e. The second-order valence-corrected chi connectivity index (χ2v) is 6.58. The first-order chi connectivity index (χ1) is 13.6. The number of amides is 1. The number of aromatic nitrogens is 3. The van der Waals surface area contributed by atoms with Crippen molar-refractivity contribution in [1.82, 2.24) is 15.1 Å². The summed E-state index contributed by atoms with van der Waals surface area (Å²) in [5.41, 5.74) is 1.36. The molecule has 0 saturated carbocycles. The number of anilines is 1. The number of hydrogen-bond acceptors (Lipinski definition) is 7. The standard InChI is InChI=1S/C19H19BrN4O4/c1-3-27-15-10-12(9-14(20)18(15)26-2)19-23-17(28-24-19)7-6-16(25)22-13-5-4-8-21-11-13/h4-5,8-11H,3,6-7H2,1-2H3,(H,22,25). The molecular weight excluding hydrogens is 428 g/mol. The summed E-state index contributed by atoms with van der Waals surface area (Å²) in [5.74, 6) is 1.81. The molecule has 0 bridgehead atoms. The zero-order chi connectivity index (χ0) is 19.9. The molecule has 0 unspecified atom stereocenters. The molecule has 1 N–H and O–H groups in total. The summed E-state index contributed by atoms with van der Waals surface area (Å²) in [6.07, 6.45) is 3.77. The van der Waals surface area contributed by atoms with E-state index in [4.69, 9.17) is 14.0 Å². The first-order valence-electron chi connectivity index (χ1n) is 8.64. The Morgan fingerprint density at radius 2 is 2.21 bits per heavy atom. The Morgan fingerprint density at radius 3 is 2.93 bits per heavy atom. The van der Waals surface area contributed by atoms with Gasteiger partial charge in [0.2, 0.25) is 17.6 Å². The van der Waals surface area contributed by atoms with Gasteiger partial charge in [0.25, 0.3) is 0 Å². The summed E-state index contributed by atoms with van der Waals surface area (Å²) in [6.45, 7) is 2.39. The summed E-state index contributed by atoms with van der Waals surface area (Å²) in [4.78, 5) is 20.4. The number of halogens is 1. The molecule has 2 aromatic heterocycles. The van der Waals surface area contributed by atoms with Gasteiger partial charge in [-0.1, -0.05) is 5.16 Å². The van der Waals surface area contributed by atoms with Crippen molar-refractivity contribution in [3.8, 4) is 22.9 Å². The minimum absolute atomic E-state index is 0.154. The highest BCUT2D eigenvalue weighted by Gasteiger charge is 2.16. The summed E-state index contributed by atoms with van der Waals surface area (Å²) < 4.78 is 17.0. The second-order valence-electron chi connectivity index (χ2n) is 5.72. The smallest absolute Gasteiger partial charge is 0.227 e. The lowest BCUT2D eigenvalue weighted by Gasteiger charge is -2.12. The Bertz CT molecular complexity index is 946. The first kappa shape index (κ1) is 19.8. The van der Waals surface area contributed by atoms with Crippen molar-refractivity contribution < 1.29 is 18.8 Å². The second kappa shape index (κ2) is 9.32. The molecule has 2 heterocycles. The molecule has 0 saturated heterocycles. The lowest BCUT2D eigenvalue weighted by atomic mass is 10.2. The van der Waals surface area contributed by atoms with Crippen LogP contribution in [0, 0.1) is 0 Å². The van der Waals surface area contributed by atoms with Gasteiger partial charge in [-0.3, -0.25) is 9.78 Å². The fourth-order valence-electron chi connectivity index (χ4n) is 2.51. The Morgan fingerprint density at radius 1 is 1.36 bits per heavy atom. The Labute approximate surface area is 170 Å². The highest BCUT2D eigenvalue weighted by molar-refractivity contribution is 9.10. The van der Waals surface area contributed by atoms with Crippen molar-refractivity contribution in [1.29, 1.82) is 0 Å². The summed E-state index contributed by atoms with van der Waals surface area (Å²) in [5, 5.41) is 6.77. The number of nitrogens with one attached hydrogen (secondary N) is 1. The molecule has 0 fully saturated rings. The van der Waals surface area contributed by atoms with Crippen molar-refractivity contribution in [3.63, 3.8) is 0 Å². The average Bonchev–Trinajstić information content (AvgIpc) is 3.16. The molecule has 0 spiro atoms. The lowest BCUT2D eigenvalue weighted by Crippen LogP contribution is -2.12. The van der Waals surface area contributed by atoms with Crippen LogP contribution in [0.15, 0.2) is 45.7 Å². The number of hydrogen-bond donors (Lipinski definition) is 1. The Balaban J connectivity index is 1.67. The van der Waals surface area contributed by atoms with Crippen LogP contribution < -0.4 is 14.8 Å². The third-order valence-electron chi connectivity index (χ3n) is 3.75. The zero-order valence-electron chi connectivity index (χ0n) is 15.4. The van der Waals surface area contributed by atoms with E-state index in [1.807, 2.05) is 13.0 Å². The lowest BCUT2D eigenvalue weighted by molar-refractivity contribution is -0.116. The maximum atomic E-state index is 12.0. The van der Waals surface area contributed by atoms with E-state index in [1.54, 1.807) is 37.7 Å². The summed E-state index contributed by atoms with van der Waals surface area (Å²) in [6, 6.07) is 7.14. The number of pyridine rings is 1. The SMILES string of the molecule is CCOc1cc(-c2noc(CCC(=O)Nc3cccnc3)n2)cc(Br)c1OC. The monoisotopic (exact) mass is 446 g/mol. The maximum Gasteiger partial charge on any atom is 0.227 e. The van der Waals surface area contributed by atoms with E-state index in [0.717, 1.165) is 4.47 Å². The summed E-state index contributed by atoms with van der Waals surface area (Å²) in [7, 11) is 1.57. The number of rotatable bonds is 8. The average molecular weight is 447 g/mol. The van der Waals surface area contributed by atoms with Crippen LogP contribution in [0.2, 0.25) is 0 Å². The van der Waals surface area contributed by atoms with Gasteiger partial charge in [0.05, 0.1) is 30.1 Å². The van der Waals surface area contributed by atoms with Crippen LogP contribution in [-0.2, 0) is 11.2 Å². The van der Waals surface area contributed by atoms with Crippen molar-refractivity contribution in [2.45, 2.75) is 19.8 Å². The van der Waals surface area contributed by atoms with Crippen molar-refractivity contribution in [3.05, 3.63) is 47.0 Å². The van der Waals surface area contributed by atoms with Gasteiger partial charge in [0, 0.05) is 24.6 Å². The first-order valence-corrected chi connectivity index (χ1v) is 9.43. The van der Waals surface area contributed by atoms with Gasteiger partial charge in [0.1, 0.15) is 0 Å². The fourth-order valence-corrected chi connectivity index (χ4v) is 3.12. The molecule has 0 atom stereocenters. The van der Waals surface area contributed by atoms with Gasteiger partial charge in [-0.2, -0.15) is 4.98 Å². The van der Waals surface area contributed by atoms with Crippen molar-refractivity contribution >= 4 is 27.5 Å². The van der Waals surface area contributed by atoms with E-state index in [9.17, 15) is 4.79 Å². The Kier molecular flexibility index (Phi) is 6.59. The van der Waals surface area contributed by atoms with Gasteiger partial charge in [-0.25, -0.2) is 0 Å². The molecule has 9 heteroatoms. The van der Waals surface area contributed by atoms with E-state index < -0.39 is 0 Å². The molecule has 8 nitrogen and oxygen atoms in total. The van der Waals surface area contributed by atoms with Gasteiger partial charge in [-0.15, -0.1) is 0 Å². The van der Waals surface area contributed by atoms with E-state index in [-0.39, 0.29) is 12.3 Å². The van der Waals surface area contributed by atoms with E-state index >= 15 is 0 Å². The minimum atomic E-state index is -0.154. The number of nitrogens with zero attached hydrogens (tertiary/aromatic N) is 3. The number of carbonyl (C=O) groups excluding carboxylic acids is 1. The van der Waals surface area contributed by atoms with E-state index in [2.05, 4.69) is 36.4 Å². The molecular formula is C19H19BrN4O4. The molecule has 0 aliphatic carbocycles.